The summed E-state index contributed by atoms with van der Waals surface area (Å²) in [7, 11) is 0. The summed E-state index contributed by atoms with van der Waals surface area (Å²) < 4.78 is 2.19. The smallest absolute Gasteiger partial charge is 0.251 e. The van der Waals surface area contributed by atoms with Gasteiger partial charge in [0, 0.05) is 22.3 Å². The zero-order valence-corrected chi connectivity index (χ0v) is 12.4. The molecule has 0 unspecified atom stereocenters. The van der Waals surface area contributed by atoms with E-state index in [9.17, 15) is 9.59 Å². The second-order valence-electron chi connectivity index (χ2n) is 4.56. The maximum atomic E-state index is 12.3. The van der Waals surface area contributed by atoms with Gasteiger partial charge in [0.15, 0.2) is 5.78 Å². The number of hydrogen-bond acceptors (Lipinski definition) is 2. The van der Waals surface area contributed by atoms with Crippen LogP contribution in [0.1, 0.15) is 21.5 Å². The van der Waals surface area contributed by atoms with E-state index in [1.54, 1.807) is 12.3 Å². The van der Waals surface area contributed by atoms with Crippen molar-refractivity contribution in [3.8, 4) is 0 Å². The molecule has 0 atom stereocenters. The molecule has 0 fully saturated rings. The average Bonchev–Trinajstić information content (AvgIpc) is 2.36. The minimum absolute atomic E-state index is 0.0543. The number of halogens is 1. The third-order valence-electron chi connectivity index (χ3n) is 2.95. The van der Waals surface area contributed by atoms with Crippen molar-refractivity contribution in [1.82, 2.24) is 4.57 Å². The quantitative estimate of drug-likeness (QED) is 0.815. The van der Waals surface area contributed by atoms with Crippen molar-refractivity contribution in [1.29, 1.82) is 0 Å². The van der Waals surface area contributed by atoms with Crippen molar-refractivity contribution >= 4 is 21.7 Å². The minimum atomic E-state index is -0.179. The molecule has 0 saturated carbocycles. The highest BCUT2D eigenvalue weighted by Crippen LogP contribution is 2.12. The zero-order chi connectivity index (χ0) is 14.0. The topological polar surface area (TPSA) is 39.1 Å². The van der Waals surface area contributed by atoms with Gasteiger partial charge in [0.1, 0.15) is 0 Å². The van der Waals surface area contributed by atoms with Crippen LogP contribution < -0.4 is 5.56 Å². The first-order chi connectivity index (χ1) is 8.97. The van der Waals surface area contributed by atoms with Gasteiger partial charge in [-0.25, -0.2) is 0 Å². The molecule has 2 aromatic rings. The highest BCUT2D eigenvalue weighted by Gasteiger charge is 2.11. The minimum Gasteiger partial charge on any atom is -0.307 e. The Hall–Kier alpha value is -1.68. The number of rotatable bonds is 3. The van der Waals surface area contributed by atoms with Crippen molar-refractivity contribution in [2.75, 3.05) is 0 Å². The molecular weight excluding hydrogens is 306 g/mol. The van der Waals surface area contributed by atoms with Crippen molar-refractivity contribution in [2.24, 2.45) is 0 Å². The van der Waals surface area contributed by atoms with E-state index in [4.69, 9.17) is 0 Å². The van der Waals surface area contributed by atoms with Crippen molar-refractivity contribution < 1.29 is 4.79 Å². The normalized spacial score (nSPS) is 10.5. The number of aromatic nitrogens is 1. The molecule has 0 saturated heterocycles. The molecule has 2 rings (SSSR count). The molecule has 0 spiro atoms. The van der Waals surface area contributed by atoms with Gasteiger partial charge in [0.25, 0.3) is 5.56 Å². The fourth-order valence-electron chi connectivity index (χ4n) is 1.90. The molecule has 0 N–H and O–H groups in total. The van der Waals surface area contributed by atoms with E-state index in [1.807, 2.05) is 32.0 Å². The van der Waals surface area contributed by atoms with Gasteiger partial charge < -0.3 is 4.57 Å². The largest absolute Gasteiger partial charge is 0.307 e. The first kappa shape index (κ1) is 13.7. The lowest BCUT2D eigenvalue weighted by Gasteiger charge is -2.08. The summed E-state index contributed by atoms with van der Waals surface area (Å²) in [6.07, 6.45) is 1.63. The molecule has 1 aromatic heterocycles. The number of ketones is 1. The number of pyridine rings is 1. The maximum absolute atomic E-state index is 12.3. The lowest BCUT2D eigenvalue weighted by molar-refractivity contribution is 0.0970. The van der Waals surface area contributed by atoms with Crippen LogP contribution >= 0.6 is 15.9 Å². The molecule has 0 aliphatic heterocycles. The third kappa shape index (κ3) is 3.20. The summed E-state index contributed by atoms with van der Waals surface area (Å²) in [4.78, 5) is 24.0. The Kier molecular flexibility index (Phi) is 4.00. The standard InChI is InChI=1S/C15H14BrNO2/c1-10-3-4-11(2)13(7-10)14(18)9-17-8-12(16)5-6-15(17)19/h3-8H,9H2,1-2H3. The molecule has 1 aromatic carbocycles. The summed E-state index contributed by atoms with van der Waals surface area (Å²) in [5.74, 6) is -0.0543. The molecule has 4 heteroatoms. The molecule has 19 heavy (non-hydrogen) atoms. The summed E-state index contributed by atoms with van der Waals surface area (Å²) >= 11 is 3.30. The lowest BCUT2D eigenvalue weighted by Crippen LogP contribution is -2.23. The molecule has 0 radical (unpaired) electrons. The van der Waals surface area contributed by atoms with Crippen molar-refractivity contribution in [3.05, 3.63) is 68.0 Å². The number of hydrogen-bond donors (Lipinski definition) is 0. The van der Waals surface area contributed by atoms with Crippen LogP contribution in [0.25, 0.3) is 0 Å². The second kappa shape index (κ2) is 5.53. The Balaban J connectivity index is 2.33. The maximum Gasteiger partial charge on any atom is 0.251 e. The summed E-state index contributed by atoms with van der Waals surface area (Å²) in [5.41, 5.74) is 2.46. The number of carbonyl (C=O) groups is 1. The van der Waals surface area contributed by atoms with Crippen LogP contribution in [0.3, 0.4) is 0 Å². The Bertz CT molecular complexity index is 689. The van der Waals surface area contributed by atoms with Gasteiger partial charge >= 0.3 is 0 Å². The van der Waals surface area contributed by atoms with E-state index in [1.165, 1.54) is 10.6 Å². The second-order valence-corrected chi connectivity index (χ2v) is 5.47. The van der Waals surface area contributed by atoms with E-state index in [0.29, 0.717) is 5.56 Å². The van der Waals surface area contributed by atoms with Crippen LogP contribution in [0, 0.1) is 13.8 Å². The fourth-order valence-corrected chi connectivity index (χ4v) is 2.28. The van der Waals surface area contributed by atoms with Crippen molar-refractivity contribution in [2.45, 2.75) is 20.4 Å². The van der Waals surface area contributed by atoms with Crippen LogP contribution in [-0.4, -0.2) is 10.4 Å². The molecule has 0 aliphatic carbocycles. The summed E-state index contributed by atoms with van der Waals surface area (Å²) in [5, 5.41) is 0. The number of aryl methyl sites for hydroxylation is 2. The zero-order valence-electron chi connectivity index (χ0n) is 10.8. The van der Waals surface area contributed by atoms with E-state index in [-0.39, 0.29) is 17.9 Å². The van der Waals surface area contributed by atoms with Gasteiger partial charge in [-0.05, 0) is 47.5 Å². The van der Waals surface area contributed by atoms with Gasteiger partial charge in [-0.15, -0.1) is 0 Å². The Morgan fingerprint density at radius 1 is 1.21 bits per heavy atom. The number of carbonyl (C=O) groups excluding carboxylic acids is 1. The van der Waals surface area contributed by atoms with Gasteiger partial charge in [0.2, 0.25) is 0 Å². The van der Waals surface area contributed by atoms with Gasteiger partial charge in [-0.1, -0.05) is 17.7 Å². The summed E-state index contributed by atoms with van der Waals surface area (Å²) in [6, 6.07) is 8.87. The Labute approximate surface area is 120 Å². The van der Waals surface area contributed by atoms with Crippen LogP contribution in [0.2, 0.25) is 0 Å². The van der Waals surface area contributed by atoms with Crippen molar-refractivity contribution in [3.63, 3.8) is 0 Å². The predicted octanol–water partition coefficient (Wildman–Crippen LogP) is 3.11. The number of Topliss-reactive ketones (excluding diaryl/α,β-unsaturated/α-hetero) is 1. The third-order valence-corrected chi connectivity index (χ3v) is 3.42. The molecule has 0 aliphatic rings. The van der Waals surface area contributed by atoms with Crippen LogP contribution in [0.5, 0.6) is 0 Å². The van der Waals surface area contributed by atoms with E-state index in [2.05, 4.69) is 15.9 Å². The first-order valence-corrected chi connectivity index (χ1v) is 6.73. The molecule has 3 nitrogen and oxygen atoms in total. The monoisotopic (exact) mass is 319 g/mol. The van der Waals surface area contributed by atoms with Gasteiger partial charge in [-0.3, -0.25) is 9.59 Å². The Morgan fingerprint density at radius 3 is 2.68 bits per heavy atom. The van der Waals surface area contributed by atoms with E-state index in [0.717, 1.165) is 15.6 Å². The highest BCUT2D eigenvalue weighted by atomic mass is 79.9. The highest BCUT2D eigenvalue weighted by molar-refractivity contribution is 9.10. The summed E-state index contributed by atoms with van der Waals surface area (Å²) in [6.45, 7) is 3.90. The predicted molar refractivity (Wildman–Crippen MR) is 78.6 cm³/mol. The van der Waals surface area contributed by atoms with Gasteiger partial charge in [0.05, 0.1) is 6.54 Å². The molecule has 0 amide bonds. The lowest BCUT2D eigenvalue weighted by atomic mass is 10.0. The van der Waals surface area contributed by atoms with Crippen LogP contribution in [0.15, 0.2) is 45.8 Å². The molecular formula is C15H14BrNO2. The number of benzene rings is 1. The Morgan fingerprint density at radius 2 is 1.95 bits per heavy atom. The molecule has 98 valence electrons. The first-order valence-electron chi connectivity index (χ1n) is 5.94. The molecule has 1 heterocycles. The average molecular weight is 320 g/mol. The fraction of sp³-hybridized carbons (Fsp3) is 0.200. The van der Waals surface area contributed by atoms with E-state index >= 15 is 0 Å². The van der Waals surface area contributed by atoms with Crippen LogP contribution in [0.4, 0.5) is 0 Å². The molecule has 0 bridgehead atoms. The SMILES string of the molecule is Cc1ccc(C)c(C(=O)Cn2cc(Br)ccc2=O)c1. The van der Waals surface area contributed by atoms with E-state index < -0.39 is 0 Å². The van der Waals surface area contributed by atoms with Crippen LogP contribution in [-0.2, 0) is 6.54 Å². The van der Waals surface area contributed by atoms with Gasteiger partial charge in [-0.2, -0.15) is 0 Å². The number of nitrogens with zero attached hydrogens (tertiary/aromatic N) is 1.